The molecule has 0 spiro atoms. The van der Waals surface area contributed by atoms with Crippen LogP contribution in [0.3, 0.4) is 0 Å². The van der Waals surface area contributed by atoms with Gasteiger partial charge >= 0.3 is 22.1 Å². The molecule has 102 valence electrons. The minimum atomic E-state index is -0.407. The zero-order valence-electron chi connectivity index (χ0n) is 12.8. The first kappa shape index (κ1) is 27.1. The summed E-state index contributed by atoms with van der Waals surface area (Å²) in [5, 5.41) is 4.66. The molecule has 0 saturated carbocycles. The summed E-state index contributed by atoms with van der Waals surface area (Å²) < 4.78 is 0. The van der Waals surface area contributed by atoms with Crippen molar-refractivity contribution >= 4 is 30.4 Å². The van der Waals surface area contributed by atoms with Gasteiger partial charge in [0, 0.05) is 0 Å². The van der Waals surface area contributed by atoms with E-state index in [1.807, 2.05) is 5.79 Å². The number of rotatable bonds is 6. The minimum absolute atomic E-state index is 0. The Kier molecular flexibility index (Phi) is 28.1. The normalized spacial score (nSPS) is 9.41. The number of hydrogen-bond acceptors (Lipinski definition) is 0. The molecule has 0 atom stereocenters. The molecule has 0 heterocycles. The Morgan fingerprint density at radius 3 is 0.941 bits per heavy atom. The average Bonchev–Trinajstić information content (AvgIpc) is 2.03. The predicted molar refractivity (Wildman–Crippen MR) is 76.3 cm³/mol. The molecule has 0 bridgehead atoms. The Hall–Kier alpha value is 1.64. The molecule has 0 aliphatic carbocycles. The van der Waals surface area contributed by atoms with Crippen LogP contribution in [0.15, 0.2) is 0 Å². The zero-order chi connectivity index (χ0) is 12.4. The Morgan fingerprint density at radius 2 is 0.824 bits per heavy atom. The molecule has 4 heteroatoms. The van der Waals surface area contributed by atoms with E-state index in [-0.39, 0.29) is 24.8 Å². The molecule has 0 amide bonds. The van der Waals surface area contributed by atoms with Gasteiger partial charge < -0.3 is 24.8 Å². The third-order valence-corrected chi connectivity index (χ3v) is 7.24. The molecule has 0 radical (unpaired) electrons. The van der Waals surface area contributed by atoms with Crippen LogP contribution in [-0.4, -0.2) is 30.4 Å². The largest absolute Gasteiger partial charge is 1.00 e. The third-order valence-electron chi connectivity index (χ3n) is 2.41. The molecule has 0 N–H and O–H groups in total. The van der Waals surface area contributed by atoms with Gasteiger partial charge in [0.25, 0.3) is 14.1 Å². The van der Waals surface area contributed by atoms with Gasteiger partial charge in [0.1, 0.15) is 0 Å². The van der Waals surface area contributed by atoms with Crippen LogP contribution >= 0.6 is 0 Å². The topological polar surface area (TPSA) is 0 Å². The van der Waals surface area contributed by atoms with Crippen molar-refractivity contribution in [2.75, 3.05) is 0 Å². The molecule has 0 aliphatic heterocycles. The smallest absolute Gasteiger partial charge is 1.00 e. The molecule has 0 aromatic rings. The summed E-state index contributed by atoms with van der Waals surface area (Å²) in [6.07, 6.45) is 0. The molecule has 0 aromatic carbocycles. The van der Waals surface area contributed by atoms with E-state index in [2.05, 4.69) is 57.8 Å². The summed E-state index contributed by atoms with van der Waals surface area (Å²) >= 11 is 2.01. The summed E-state index contributed by atoms with van der Waals surface area (Å²) in [4.78, 5) is 0. The number of hydrogen-bond donors (Lipinski definition) is 0. The summed E-state index contributed by atoms with van der Waals surface area (Å²) in [6.45, 7) is 14.3. The van der Waals surface area contributed by atoms with E-state index in [0.717, 1.165) is 17.8 Å². The molecule has 17 heavy (non-hydrogen) atoms. The van der Waals surface area contributed by atoms with Crippen molar-refractivity contribution in [3.05, 3.63) is 0 Å². The molecular weight excluding hydrogens is 281 g/mol. The quantitative estimate of drug-likeness (QED) is 0.533. The van der Waals surface area contributed by atoms with Gasteiger partial charge in [-0.3, -0.25) is 0 Å². The second kappa shape index (κ2) is 17.6. The fourth-order valence-corrected chi connectivity index (χ4v) is 6.87. The first-order valence-corrected chi connectivity index (χ1v) is 10.1. The van der Waals surface area contributed by atoms with E-state index in [1.54, 1.807) is 15.8 Å². The van der Waals surface area contributed by atoms with Crippen molar-refractivity contribution < 1.29 is 24.8 Å². The second-order valence-corrected chi connectivity index (χ2v) is 8.90. The van der Waals surface area contributed by atoms with Crippen molar-refractivity contribution in [3.63, 3.8) is 0 Å². The maximum Gasteiger partial charge on any atom is -1.00 e. The van der Waals surface area contributed by atoms with Gasteiger partial charge in [-0.15, -0.1) is 0 Å². The van der Waals surface area contributed by atoms with Crippen LogP contribution in [0.2, 0.25) is 21.6 Å². The molecule has 0 rings (SSSR count). The summed E-state index contributed by atoms with van der Waals surface area (Å²) in [6, 6.07) is 0. The van der Waals surface area contributed by atoms with E-state index in [1.165, 1.54) is 0 Å². The van der Waals surface area contributed by atoms with E-state index < -0.39 is 14.1 Å². The fourth-order valence-electron chi connectivity index (χ4n) is 2.29. The van der Waals surface area contributed by atoms with Crippen molar-refractivity contribution in [1.82, 2.24) is 0 Å². The van der Waals surface area contributed by atoms with Crippen molar-refractivity contribution in [2.24, 2.45) is 17.8 Å². The van der Waals surface area contributed by atoms with Crippen LogP contribution in [0.5, 0.6) is 0 Å². The van der Waals surface area contributed by atoms with Gasteiger partial charge in [0.2, 0.25) is 0 Å². The zero-order valence-corrected chi connectivity index (χ0v) is 16.6. The van der Waals surface area contributed by atoms with E-state index in [4.69, 9.17) is 0 Å². The molecule has 0 fully saturated rings. The van der Waals surface area contributed by atoms with Gasteiger partial charge in [-0.25, -0.2) is 0 Å². The predicted octanol–water partition coefficient (Wildman–Crippen LogP) is -1.34. The first-order valence-electron chi connectivity index (χ1n) is 6.49. The van der Waals surface area contributed by atoms with E-state index in [9.17, 15) is 0 Å². The van der Waals surface area contributed by atoms with Crippen molar-refractivity contribution in [2.45, 2.75) is 63.2 Å². The standard InChI is InChI=1S/3C4H9.CH3.2Al.2ClH/c3*1-4(2)3;;;;;/h3*4H,1H2,2-3H3;1H3;;;2*1H/q;;;;;+2;;/p-2. The maximum atomic E-state index is 2.42. The van der Waals surface area contributed by atoms with E-state index in [0.29, 0.717) is 0 Å². The van der Waals surface area contributed by atoms with E-state index >= 15 is 0 Å². The van der Waals surface area contributed by atoms with Crippen molar-refractivity contribution in [3.8, 4) is 0 Å². The van der Waals surface area contributed by atoms with Crippen molar-refractivity contribution in [1.29, 1.82) is 0 Å². The summed E-state index contributed by atoms with van der Waals surface area (Å²) in [5.41, 5.74) is 0. The monoisotopic (exact) mass is 310 g/mol. The molecule has 0 aromatic heterocycles. The first-order chi connectivity index (χ1) is 6.91. The van der Waals surface area contributed by atoms with Gasteiger partial charge in [0.05, 0.1) is 0 Å². The minimum Gasteiger partial charge on any atom is -1.00 e. The average molecular weight is 311 g/mol. The molecule has 0 saturated heterocycles. The van der Waals surface area contributed by atoms with Crippen LogP contribution in [0, 0.1) is 17.8 Å². The molecular formula is C13H30Al2Cl2. The molecule has 0 nitrogen and oxygen atoms in total. The van der Waals surface area contributed by atoms with Gasteiger partial charge in [-0.2, -0.15) is 0 Å². The second-order valence-electron chi connectivity index (χ2n) is 5.75. The molecule has 0 unspecified atom stereocenters. The van der Waals surface area contributed by atoms with Crippen LogP contribution < -0.4 is 24.8 Å². The van der Waals surface area contributed by atoms with Crippen LogP contribution in [0.25, 0.3) is 0 Å². The van der Waals surface area contributed by atoms with Crippen LogP contribution in [0.4, 0.5) is 0 Å². The van der Waals surface area contributed by atoms with Crippen LogP contribution in [-0.2, 0) is 0 Å². The summed E-state index contributed by atoms with van der Waals surface area (Å²) in [5.74, 6) is 4.69. The Balaban J connectivity index is -0.000000199. The Labute approximate surface area is 135 Å². The van der Waals surface area contributed by atoms with Gasteiger partial charge in [-0.05, 0) is 0 Å². The SMILES string of the molecule is CC(C)[CH2][Al]([CH2]C(C)C)[CH2]C(C)C.[CH3][Al+2].[Cl-].[Cl-]. The fraction of sp³-hybridized carbons (Fsp3) is 1.00. The third kappa shape index (κ3) is 23.2. The number of halogens is 2. The van der Waals surface area contributed by atoms with Crippen LogP contribution in [0.1, 0.15) is 41.5 Å². The Morgan fingerprint density at radius 1 is 0.647 bits per heavy atom. The van der Waals surface area contributed by atoms with Gasteiger partial charge in [0.15, 0.2) is 0 Å². The summed E-state index contributed by atoms with van der Waals surface area (Å²) in [7, 11) is 0. The molecule has 0 aliphatic rings. The maximum absolute atomic E-state index is 2.42. The Bertz CT molecular complexity index is 105. The van der Waals surface area contributed by atoms with Gasteiger partial charge in [-0.1, -0.05) is 75.1 Å².